The van der Waals surface area contributed by atoms with E-state index in [2.05, 4.69) is 10.7 Å². The zero-order valence-corrected chi connectivity index (χ0v) is 22.1. The number of rotatable bonds is 8. The minimum atomic E-state index is -1.35. The molecule has 2 N–H and O–H groups in total. The van der Waals surface area contributed by atoms with Crippen molar-refractivity contribution in [1.29, 1.82) is 0 Å². The number of carbonyl (C=O) groups excluding carboxylic acids is 4. The van der Waals surface area contributed by atoms with Crippen LogP contribution < -0.4 is 10.7 Å². The van der Waals surface area contributed by atoms with E-state index in [1.807, 2.05) is 0 Å². The number of hydrogen-bond donors (Lipinski definition) is 2. The van der Waals surface area contributed by atoms with Crippen LogP contribution in [0, 0.1) is 0 Å². The average Bonchev–Trinajstić information content (AvgIpc) is 3.33. The van der Waals surface area contributed by atoms with E-state index in [0.717, 1.165) is 5.01 Å². The molecular formula is C29H24ClN3O8. The minimum Gasteiger partial charge on any atom is -0.459 e. The van der Waals surface area contributed by atoms with Gasteiger partial charge < -0.3 is 18.9 Å². The van der Waals surface area contributed by atoms with Crippen LogP contribution in [0.2, 0.25) is 0 Å². The van der Waals surface area contributed by atoms with Gasteiger partial charge in [-0.15, -0.1) is 0 Å². The number of halogens is 1. The van der Waals surface area contributed by atoms with E-state index in [4.69, 9.17) is 30.5 Å². The highest BCUT2D eigenvalue weighted by Gasteiger charge is 2.54. The molecule has 1 fully saturated rings. The molecule has 0 spiro atoms. The van der Waals surface area contributed by atoms with E-state index in [-0.39, 0.29) is 22.9 Å². The molecule has 1 saturated heterocycles. The summed E-state index contributed by atoms with van der Waals surface area (Å²) in [6, 6.07) is 23.9. The Bertz CT molecular complexity index is 1440. The quantitative estimate of drug-likeness (QED) is 0.234. The van der Waals surface area contributed by atoms with Crippen LogP contribution >= 0.6 is 11.6 Å². The third-order valence-corrected chi connectivity index (χ3v) is 6.41. The molecule has 210 valence electrons. The van der Waals surface area contributed by atoms with E-state index >= 15 is 0 Å². The summed E-state index contributed by atoms with van der Waals surface area (Å²) >= 11 is 5.91. The van der Waals surface area contributed by atoms with Crippen LogP contribution in [-0.4, -0.2) is 60.1 Å². The summed E-state index contributed by atoms with van der Waals surface area (Å²) in [5.74, 6) is -2.14. The number of amides is 2. The Morgan fingerprint density at radius 3 is 1.76 bits per heavy atom. The van der Waals surface area contributed by atoms with Crippen molar-refractivity contribution in [2.45, 2.75) is 24.5 Å². The van der Waals surface area contributed by atoms with Gasteiger partial charge in [0.05, 0.1) is 22.9 Å². The Balaban J connectivity index is 1.46. The van der Waals surface area contributed by atoms with Crippen LogP contribution in [0.15, 0.2) is 102 Å². The van der Waals surface area contributed by atoms with E-state index in [0.29, 0.717) is 5.56 Å². The van der Waals surface area contributed by atoms with Gasteiger partial charge in [-0.1, -0.05) is 66.2 Å². The molecule has 5 rings (SSSR count). The number of nitrogens with zero attached hydrogens (tertiary/aromatic N) is 1. The second kappa shape index (κ2) is 12.5. The zero-order valence-electron chi connectivity index (χ0n) is 21.3. The smallest absolute Gasteiger partial charge is 0.343 e. The first-order valence-electron chi connectivity index (χ1n) is 12.5. The molecule has 12 heteroatoms. The number of hydrazine groups is 1. The van der Waals surface area contributed by atoms with Crippen LogP contribution in [0.1, 0.15) is 31.1 Å². The Morgan fingerprint density at radius 1 is 0.756 bits per heavy atom. The van der Waals surface area contributed by atoms with Crippen LogP contribution in [0.5, 0.6) is 0 Å². The van der Waals surface area contributed by atoms with Gasteiger partial charge in [0.25, 0.3) is 0 Å². The normalized spacial score (nSPS) is 21.6. The monoisotopic (exact) mass is 577 g/mol. The lowest BCUT2D eigenvalue weighted by Crippen LogP contribution is -2.58. The summed E-state index contributed by atoms with van der Waals surface area (Å²) in [5.41, 5.74) is 3.43. The number of urea groups is 1. The summed E-state index contributed by atoms with van der Waals surface area (Å²) in [6.07, 6.45) is -3.81. The van der Waals surface area contributed by atoms with Crippen LogP contribution in [0.25, 0.3) is 0 Å². The lowest BCUT2D eigenvalue weighted by atomic mass is 10.1. The van der Waals surface area contributed by atoms with Crippen molar-refractivity contribution in [3.8, 4) is 0 Å². The summed E-state index contributed by atoms with van der Waals surface area (Å²) in [7, 11) is 0. The first-order valence-corrected chi connectivity index (χ1v) is 12.9. The molecule has 3 aromatic carbocycles. The maximum absolute atomic E-state index is 13.1. The number of carbonyl (C=O) groups is 4. The highest BCUT2D eigenvalue weighted by molar-refractivity contribution is 6.30. The molecular weight excluding hydrogens is 554 g/mol. The Labute approximate surface area is 239 Å². The molecule has 11 nitrogen and oxygen atoms in total. The number of hydrogen-bond acceptors (Lipinski definition) is 9. The minimum absolute atomic E-state index is 0.0162. The first kappa shape index (κ1) is 27.7. The molecule has 0 aliphatic carbocycles. The van der Waals surface area contributed by atoms with E-state index in [1.165, 1.54) is 6.20 Å². The van der Waals surface area contributed by atoms with Crippen molar-refractivity contribution < 1.29 is 38.1 Å². The SMILES string of the molecule is O=C(OCC1OC(N2NC=C(Cl)NC2=O)C(OC(=O)c2ccccc2)C1OC(=O)c1ccccc1)c1ccccc1. The van der Waals surface area contributed by atoms with Crippen LogP contribution in [0.4, 0.5) is 4.79 Å². The highest BCUT2D eigenvalue weighted by Crippen LogP contribution is 2.31. The number of ether oxygens (including phenoxy) is 4. The third kappa shape index (κ3) is 6.48. The standard InChI is InChI=1S/C29H24ClN3O8/c30-22-16-31-33(29(37)32-22)25-24(41-28(36)20-14-8-3-9-15-20)23(40-27(35)19-12-6-2-7-13-19)21(39-25)17-38-26(34)18-10-4-1-5-11-18/h1-16,21,23-25,31H,17H2,(H,32,37). The molecule has 4 unspecified atom stereocenters. The molecule has 2 aliphatic heterocycles. The molecule has 41 heavy (non-hydrogen) atoms. The fraction of sp³-hybridized carbons (Fsp3) is 0.172. The Hall–Kier alpha value is -4.87. The third-order valence-electron chi connectivity index (χ3n) is 6.21. The fourth-order valence-electron chi connectivity index (χ4n) is 4.24. The molecule has 4 atom stereocenters. The van der Waals surface area contributed by atoms with Gasteiger partial charge in [0.1, 0.15) is 17.9 Å². The van der Waals surface area contributed by atoms with Gasteiger partial charge in [-0.05, 0) is 36.4 Å². The van der Waals surface area contributed by atoms with Crippen LogP contribution in [0.3, 0.4) is 0 Å². The predicted octanol–water partition coefficient (Wildman–Crippen LogP) is 3.59. The first-order chi connectivity index (χ1) is 19.9. The Kier molecular flexibility index (Phi) is 8.47. The van der Waals surface area contributed by atoms with Crippen molar-refractivity contribution in [3.05, 3.63) is 119 Å². The van der Waals surface area contributed by atoms with Crippen LogP contribution in [-0.2, 0) is 18.9 Å². The molecule has 3 aromatic rings. The zero-order chi connectivity index (χ0) is 28.8. The fourth-order valence-corrected chi connectivity index (χ4v) is 4.37. The summed E-state index contributed by atoms with van der Waals surface area (Å²) in [4.78, 5) is 51.8. The van der Waals surface area contributed by atoms with Gasteiger partial charge in [-0.25, -0.2) is 24.2 Å². The van der Waals surface area contributed by atoms with Gasteiger partial charge in [0.15, 0.2) is 18.4 Å². The van der Waals surface area contributed by atoms with E-state index in [9.17, 15) is 19.2 Å². The second-order valence-electron chi connectivity index (χ2n) is 8.92. The van der Waals surface area contributed by atoms with Gasteiger partial charge in [0.2, 0.25) is 0 Å². The van der Waals surface area contributed by atoms with Crippen molar-refractivity contribution in [1.82, 2.24) is 15.8 Å². The second-order valence-corrected chi connectivity index (χ2v) is 9.33. The lowest BCUT2D eigenvalue weighted by molar-refractivity contribution is -0.0965. The van der Waals surface area contributed by atoms with Gasteiger partial charge in [-0.2, -0.15) is 0 Å². The number of esters is 3. The van der Waals surface area contributed by atoms with Crippen molar-refractivity contribution in [2.75, 3.05) is 6.61 Å². The van der Waals surface area contributed by atoms with Crippen molar-refractivity contribution in [3.63, 3.8) is 0 Å². The van der Waals surface area contributed by atoms with Crippen molar-refractivity contribution >= 4 is 35.5 Å². The van der Waals surface area contributed by atoms with Gasteiger partial charge in [-0.3, -0.25) is 10.7 Å². The molecule has 2 aliphatic rings. The maximum atomic E-state index is 13.1. The van der Waals surface area contributed by atoms with Gasteiger partial charge in [0, 0.05) is 0 Å². The topological polar surface area (TPSA) is 133 Å². The van der Waals surface area contributed by atoms with E-state index < -0.39 is 48.5 Å². The molecule has 0 bridgehead atoms. The largest absolute Gasteiger partial charge is 0.459 e. The summed E-state index contributed by atoms with van der Waals surface area (Å²) < 4.78 is 23.2. The van der Waals surface area contributed by atoms with E-state index in [1.54, 1.807) is 91.0 Å². The Morgan fingerprint density at radius 2 is 1.24 bits per heavy atom. The predicted molar refractivity (Wildman–Crippen MR) is 144 cm³/mol. The lowest BCUT2D eigenvalue weighted by Gasteiger charge is -2.33. The molecule has 0 aromatic heterocycles. The number of benzene rings is 3. The highest BCUT2D eigenvalue weighted by atomic mass is 35.5. The molecule has 0 radical (unpaired) electrons. The summed E-state index contributed by atoms with van der Waals surface area (Å²) in [6.45, 7) is -0.387. The molecule has 2 heterocycles. The maximum Gasteiger partial charge on any atom is 0.343 e. The average molecular weight is 578 g/mol. The molecule has 0 saturated carbocycles. The van der Waals surface area contributed by atoms with Gasteiger partial charge >= 0.3 is 23.9 Å². The summed E-state index contributed by atoms with van der Waals surface area (Å²) in [5, 5.41) is 3.43. The molecule has 2 amide bonds. The number of nitrogens with one attached hydrogen (secondary N) is 2. The van der Waals surface area contributed by atoms with Crippen molar-refractivity contribution in [2.24, 2.45) is 0 Å².